The van der Waals surface area contributed by atoms with Crippen molar-refractivity contribution < 1.29 is 14.7 Å². The van der Waals surface area contributed by atoms with E-state index in [1.165, 1.54) is 18.2 Å². The Hall–Kier alpha value is -2.08. The van der Waals surface area contributed by atoms with Crippen LogP contribution in [-0.4, -0.2) is 60.6 Å². The van der Waals surface area contributed by atoms with Crippen LogP contribution in [0.25, 0.3) is 0 Å². The van der Waals surface area contributed by atoms with Crippen LogP contribution in [0.1, 0.15) is 18.9 Å². The van der Waals surface area contributed by atoms with Gasteiger partial charge in [0.15, 0.2) is 0 Å². The normalized spacial score (nSPS) is 16.9. The van der Waals surface area contributed by atoms with E-state index in [0.29, 0.717) is 13.0 Å². The van der Waals surface area contributed by atoms with Gasteiger partial charge in [0.25, 0.3) is 0 Å². The van der Waals surface area contributed by atoms with Crippen molar-refractivity contribution >= 4 is 17.6 Å². The summed E-state index contributed by atoms with van der Waals surface area (Å²) >= 11 is 0. The van der Waals surface area contributed by atoms with Crippen molar-refractivity contribution in [3.05, 3.63) is 29.8 Å². The summed E-state index contributed by atoms with van der Waals surface area (Å²) < 4.78 is 0. The highest BCUT2D eigenvalue weighted by Crippen LogP contribution is 2.17. The molecule has 2 rings (SSSR count). The Kier molecular flexibility index (Phi) is 5.98. The molecule has 1 aromatic rings. The molecule has 126 valence electrons. The number of anilines is 1. The van der Waals surface area contributed by atoms with Gasteiger partial charge in [0.05, 0.1) is 0 Å². The number of nitrogens with one attached hydrogen (secondary N) is 1. The number of hydrogen-bond donors (Lipinski definition) is 2. The molecular weight excluding hydrogens is 294 g/mol. The number of carboxylic acids is 1. The van der Waals surface area contributed by atoms with Gasteiger partial charge < -0.3 is 15.3 Å². The van der Waals surface area contributed by atoms with E-state index in [-0.39, 0.29) is 5.91 Å². The third kappa shape index (κ3) is 5.25. The molecule has 1 saturated heterocycles. The maximum absolute atomic E-state index is 11.7. The van der Waals surface area contributed by atoms with Gasteiger partial charge in [-0.2, -0.15) is 0 Å². The average molecular weight is 319 g/mol. The van der Waals surface area contributed by atoms with Crippen LogP contribution in [0.2, 0.25) is 0 Å². The highest BCUT2D eigenvalue weighted by Gasteiger charge is 2.19. The summed E-state index contributed by atoms with van der Waals surface area (Å²) in [6.45, 7) is 7.94. The van der Waals surface area contributed by atoms with E-state index in [2.05, 4.69) is 46.3 Å². The molecule has 0 saturated carbocycles. The number of hydrogen-bond acceptors (Lipinski definition) is 4. The van der Waals surface area contributed by atoms with Crippen molar-refractivity contribution in [2.75, 3.05) is 37.6 Å². The molecule has 2 N–H and O–H groups in total. The minimum atomic E-state index is -1.01. The SMILES string of the molecule is Cc1cccc(N2CCN(CCC(=O)N[C@H](C)C(=O)O)CC2)c1. The van der Waals surface area contributed by atoms with Crippen LogP contribution < -0.4 is 10.2 Å². The van der Waals surface area contributed by atoms with Gasteiger partial charge in [0, 0.05) is 44.8 Å². The standard InChI is InChI=1S/C17H25N3O3/c1-13-4-3-5-15(12-13)20-10-8-19(9-11-20)7-6-16(21)18-14(2)17(22)23/h3-5,12,14H,6-11H2,1-2H3,(H,18,21)(H,22,23)/t14-/m1/s1. The van der Waals surface area contributed by atoms with Gasteiger partial charge >= 0.3 is 5.97 Å². The number of carbonyl (C=O) groups is 2. The Labute approximate surface area is 137 Å². The van der Waals surface area contributed by atoms with Crippen LogP contribution in [0.4, 0.5) is 5.69 Å². The number of nitrogens with zero attached hydrogens (tertiary/aromatic N) is 2. The van der Waals surface area contributed by atoms with Gasteiger partial charge in [-0.05, 0) is 31.5 Å². The predicted octanol–water partition coefficient (Wildman–Crippen LogP) is 1.10. The summed E-state index contributed by atoms with van der Waals surface area (Å²) in [4.78, 5) is 27.0. The van der Waals surface area contributed by atoms with E-state index in [0.717, 1.165) is 26.2 Å². The van der Waals surface area contributed by atoms with Crippen molar-refractivity contribution in [2.45, 2.75) is 26.3 Å². The van der Waals surface area contributed by atoms with Crippen LogP contribution in [0.5, 0.6) is 0 Å². The zero-order valence-corrected chi connectivity index (χ0v) is 13.8. The summed E-state index contributed by atoms with van der Waals surface area (Å²) in [5.74, 6) is -1.22. The molecule has 23 heavy (non-hydrogen) atoms. The summed E-state index contributed by atoms with van der Waals surface area (Å²) in [5, 5.41) is 11.3. The average Bonchev–Trinajstić information content (AvgIpc) is 2.53. The van der Waals surface area contributed by atoms with Crippen LogP contribution in [0.15, 0.2) is 24.3 Å². The van der Waals surface area contributed by atoms with Crippen LogP contribution in [-0.2, 0) is 9.59 Å². The fourth-order valence-corrected chi connectivity index (χ4v) is 2.69. The van der Waals surface area contributed by atoms with E-state index >= 15 is 0 Å². The molecule has 1 aliphatic heterocycles. The Bertz CT molecular complexity index is 554. The third-order valence-electron chi connectivity index (χ3n) is 4.14. The van der Waals surface area contributed by atoms with E-state index in [9.17, 15) is 9.59 Å². The smallest absolute Gasteiger partial charge is 0.325 e. The summed E-state index contributed by atoms with van der Waals surface area (Å²) in [5.41, 5.74) is 2.51. The number of piperazine rings is 1. The fraction of sp³-hybridized carbons (Fsp3) is 0.529. The van der Waals surface area contributed by atoms with Crippen molar-refractivity contribution in [3.8, 4) is 0 Å². The summed E-state index contributed by atoms with van der Waals surface area (Å²) in [6.07, 6.45) is 0.335. The number of aliphatic carboxylic acids is 1. The lowest BCUT2D eigenvalue weighted by molar-refractivity contribution is -0.141. The largest absolute Gasteiger partial charge is 0.480 e. The number of benzene rings is 1. The van der Waals surface area contributed by atoms with Gasteiger partial charge in [-0.25, -0.2) is 0 Å². The van der Waals surface area contributed by atoms with E-state index in [4.69, 9.17) is 5.11 Å². The topological polar surface area (TPSA) is 72.9 Å². The lowest BCUT2D eigenvalue weighted by atomic mass is 10.2. The molecule has 1 aromatic carbocycles. The minimum Gasteiger partial charge on any atom is -0.480 e. The Balaban J connectivity index is 1.73. The van der Waals surface area contributed by atoms with Crippen LogP contribution >= 0.6 is 0 Å². The first-order chi connectivity index (χ1) is 11.0. The molecule has 0 unspecified atom stereocenters. The van der Waals surface area contributed by atoms with Crippen molar-refractivity contribution in [3.63, 3.8) is 0 Å². The molecule has 6 heteroatoms. The highest BCUT2D eigenvalue weighted by molar-refractivity contribution is 5.83. The molecule has 0 radical (unpaired) electrons. The monoisotopic (exact) mass is 319 g/mol. The zero-order chi connectivity index (χ0) is 16.8. The highest BCUT2D eigenvalue weighted by atomic mass is 16.4. The Morgan fingerprint density at radius 3 is 2.57 bits per heavy atom. The second kappa shape index (κ2) is 7.97. The second-order valence-corrected chi connectivity index (χ2v) is 6.05. The summed E-state index contributed by atoms with van der Waals surface area (Å²) in [6, 6.07) is 7.65. The molecule has 0 aliphatic carbocycles. The minimum absolute atomic E-state index is 0.207. The number of rotatable bonds is 6. The molecule has 1 atom stereocenters. The van der Waals surface area contributed by atoms with Crippen molar-refractivity contribution in [1.29, 1.82) is 0 Å². The van der Waals surface area contributed by atoms with E-state index < -0.39 is 12.0 Å². The number of amides is 1. The van der Waals surface area contributed by atoms with Gasteiger partial charge in [0.1, 0.15) is 6.04 Å². The van der Waals surface area contributed by atoms with Gasteiger partial charge in [0.2, 0.25) is 5.91 Å². The van der Waals surface area contributed by atoms with Crippen LogP contribution in [0.3, 0.4) is 0 Å². The Morgan fingerprint density at radius 1 is 1.26 bits per heavy atom. The maximum atomic E-state index is 11.7. The van der Waals surface area contributed by atoms with E-state index in [1.54, 1.807) is 0 Å². The molecular formula is C17H25N3O3. The van der Waals surface area contributed by atoms with Gasteiger partial charge in [-0.1, -0.05) is 12.1 Å². The number of aryl methyl sites for hydroxylation is 1. The number of carbonyl (C=O) groups excluding carboxylic acids is 1. The molecule has 0 spiro atoms. The second-order valence-electron chi connectivity index (χ2n) is 6.05. The van der Waals surface area contributed by atoms with Gasteiger partial charge in [-0.3, -0.25) is 14.5 Å². The van der Waals surface area contributed by atoms with E-state index in [1.807, 2.05) is 0 Å². The van der Waals surface area contributed by atoms with Gasteiger partial charge in [-0.15, -0.1) is 0 Å². The Morgan fingerprint density at radius 2 is 1.96 bits per heavy atom. The van der Waals surface area contributed by atoms with Crippen LogP contribution in [0, 0.1) is 6.92 Å². The molecule has 1 aliphatic rings. The molecule has 0 aromatic heterocycles. The number of carboxylic acid groups (broad SMARTS) is 1. The fourth-order valence-electron chi connectivity index (χ4n) is 2.69. The lowest BCUT2D eigenvalue weighted by Crippen LogP contribution is -2.47. The van der Waals surface area contributed by atoms with Crippen molar-refractivity contribution in [1.82, 2.24) is 10.2 Å². The zero-order valence-electron chi connectivity index (χ0n) is 13.8. The van der Waals surface area contributed by atoms with Crippen molar-refractivity contribution in [2.24, 2.45) is 0 Å². The molecule has 1 amide bonds. The first-order valence-electron chi connectivity index (χ1n) is 8.02. The first-order valence-corrected chi connectivity index (χ1v) is 8.02. The summed E-state index contributed by atoms with van der Waals surface area (Å²) in [7, 11) is 0. The maximum Gasteiger partial charge on any atom is 0.325 e. The predicted molar refractivity (Wildman–Crippen MR) is 89.7 cm³/mol. The lowest BCUT2D eigenvalue weighted by Gasteiger charge is -2.36. The molecule has 1 heterocycles. The third-order valence-corrected chi connectivity index (χ3v) is 4.14. The molecule has 1 fully saturated rings. The molecule has 6 nitrogen and oxygen atoms in total. The molecule has 0 bridgehead atoms. The quantitative estimate of drug-likeness (QED) is 0.821. The first kappa shape index (κ1) is 17.3.